The second-order valence-corrected chi connectivity index (χ2v) is 6.66. The number of amides is 2. The minimum absolute atomic E-state index is 0.00828. The van der Waals surface area contributed by atoms with Gasteiger partial charge < -0.3 is 15.4 Å². The molecule has 28 heavy (non-hydrogen) atoms. The van der Waals surface area contributed by atoms with E-state index in [1.807, 2.05) is 5.43 Å². The quantitative estimate of drug-likeness (QED) is 0.211. The summed E-state index contributed by atoms with van der Waals surface area (Å²) in [5.41, 5.74) is 7.35. The predicted molar refractivity (Wildman–Crippen MR) is 101 cm³/mol. The summed E-state index contributed by atoms with van der Waals surface area (Å²) >= 11 is 0. The monoisotopic (exact) mass is 390 g/mol. The fourth-order valence-corrected chi connectivity index (χ4v) is 3.26. The molecule has 0 aliphatic carbocycles. The number of carbonyl (C=O) groups excluding carboxylic acids is 4. The maximum Gasteiger partial charge on any atom is 0.305 e. The molecule has 9 nitrogen and oxygen atoms in total. The van der Waals surface area contributed by atoms with Gasteiger partial charge in [-0.05, 0) is 12.1 Å². The van der Waals surface area contributed by atoms with E-state index in [1.165, 1.54) is 29.2 Å². The molecular weight excluding hydrogens is 364 g/mol. The maximum atomic E-state index is 13.2. The van der Waals surface area contributed by atoms with Crippen molar-refractivity contribution in [3.63, 3.8) is 0 Å². The van der Waals surface area contributed by atoms with E-state index in [2.05, 4.69) is 0 Å². The van der Waals surface area contributed by atoms with Gasteiger partial charge in [0.2, 0.25) is 11.7 Å². The van der Waals surface area contributed by atoms with Gasteiger partial charge in [-0.25, -0.2) is 5.84 Å². The zero-order valence-electron chi connectivity index (χ0n) is 16.1. The summed E-state index contributed by atoms with van der Waals surface area (Å²) in [7, 11) is 0. The first-order valence-corrected chi connectivity index (χ1v) is 9.21. The largest absolute Gasteiger partial charge is 0.462 e. The van der Waals surface area contributed by atoms with Crippen LogP contribution < -0.4 is 17.0 Å². The Morgan fingerprint density at radius 1 is 1.14 bits per heavy atom. The van der Waals surface area contributed by atoms with Gasteiger partial charge in [0.05, 0.1) is 0 Å². The van der Waals surface area contributed by atoms with E-state index in [9.17, 15) is 19.2 Å². The SMILES string of the molecule is CCC(=O)OC1CCN(C(=O)CC)C(N)(C(=O)c2ccc(C(=O)NN)cc2)C1. The molecule has 2 unspecified atom stereocenters. The van der Waals surface area contributed by atoms with E-state index in [1.54, 1.807) is 13.8 Å². The molecule has 1 aromatic rings. The van der Waals surface area contributed by atoms with E-state index in [4.69, 9.17) is 16.3 Å². The van der Waals surface area contributed by atoms with Crippen LogP contribution in [0.15, 0.2) is 24.3 Å². The Morgan fingerprint density at radius 2 is 1.75 bits per heavy atom. The second kappa shape index (κ2) is 8.94. The number of hydrogen-bond donors (Lipinski definition) is 3. The Balaban J connectivity index is 2.33. The predicted octanol–water partition coefficient (Wildman–Crippen LogP) is 0.482. The highest BCUT2D eigenvalue weighted by Gasteiger charge is 2.48. The molecule has 9 heteroatoms. The molecule has 1 aliphatic rings. The molecule has 0 radical (unpaired) electrons. The van der Waals surface area contributed by atoms with Crippen LogP contribution in [0.4, 0.5) is 0 Å². The number of nitrogens with two attached hydrogens (primary N) is 2. The Kier molecular flexibility index (Phi) is 6.87. The van der Waals surface area contributed by atoms with E-state index < -0.39 is 23.5 Å². The molecule has 2 rings (SSSR count). The summed E-state index contributed by atoms with van der Waals surface area (Å²) in [6.07, 6.45) is 0.281. The number of ketones is 1. The Labute approximate surface area is 163 Å². The number of nitrogens with zero attached hydrogens (tertiary/aromatic N) is 1. The Hall–Kier alpha value is -2.78. The van der Waals surface area contributed by atoms with Crippen molar-refractivity contribution in [1.82, 2.24) is 10.3 Å². The van der Waals surface area contributed by atoms with Crippen LogP contribution in [0.25, 0.3) is 0 Å². The zero-order valence-corrected chi connectivity index (χ0v) is 16.1. The van der Waals surface area contributed by atoms with E-state index in [-0.39, 0.29) is 48.8 Å². The molecule has 5 N–H and O–H groups in total. The Morgan fingerprint density at radius 3 is 2.29 bits per heavy atom. The highest BCUT2D eigenvalue weighted by atomic mass is 16.5. The molecule has 0 spiro atoms. The van der Waals surface area contributed by atoms with Crippen LogP contribution in [0.5, 0.6) is 0 Å². The van der Waals surface area contributed by atoms with Crippen molar-refractivity contribution < 1.29 is 23.9 Å². The molecule has 0 bridgehead atoms. The number of hydrazine groups is 1. The average molecular weight is 390 g/mol. The number of ether oxygens (including phenoxy) is 1. The van der Waals surface area contributed by atoms with Gasteiger partial charge in [0.25, 0.3) is 5.91 Å². The number of hydrogen-bond acceptors (Lipinski definition) is 7. The van der Waals surface area contributed by atoms with Crippen LogP contribution in [0.2, 0.25) is 0 Å². The summed E-state index contributed by atoms with van der Waals surface area (Å²) in [6.45, 7) is 3.58. The number of likely N-dealkylation sites (tertiary alicyclic amines) is 1. The number of esters is 1. The van der Waals surface area contributed by atoms with Crippen LogP contribution in [-0.4, -0.2) is 46.8 Å². The van der Waals surface area contributed by atoms with Crippen LogP contribution in [-0.2, 0) is 14.3 Å². The molecule has 1 heterocycles. The maximum absolute atomic E-state index is 13.2. The topological polar surface area (TPSA) is 145 Å². The van der Waals surface area contributed by atoms with Gasteiger partial charge in [0, 0.05) is 43.4 Å². The van der Waals surface area contributed by atoms with Crippen molar-refractivity contribution in [3.8, 4) is 0 Å². The first-order chi connectivity index (χ1) is 13.3. The van der Waals surface area contributed by atoms with E-state index in [0.717, 1.165) is 0 Å². The molecule has 0 aromatic heterocycles. The normalized spacial score (nSPS) is 21.7. The van der Waals surface area contributed by atoms with Gasteiger partial charge >= 0.3 is 5.97 Å². The molecule has 0 saturated carbocycles. The van der Waals surface area contributed by atoms with Gasteiger partial charge in [0.1, 0.15) is 6.10 Å². The number of carbonyl (C=O) groups is 4. The minimum atomic E-state index is -1.64. The lowest BCUT2D eigenvalue weighted by molar-refractivity contribution is -0.156. The fraction of sp³-hybridized carbons (Fsp3) is 0.474. The first kappa shape index (κ1) is 21.5. The third-order valence-electron chi connectivity index (χ3n) is 4.82. The molecular formula is C19H26N4O5. The van der Waals surface area contributed by atoms with Crippen LogP contribution in [0.3, 0.4) is 0 Å². The third-order valence-corrected chi connectivity index (χ3v) is 4.82. The third kappa shape index (κ3) is 4.37. The standard InChI is InChI=1S/C19H26N4O5/c1-3-15(24)23-10-9-14(28-16(25)4-2)11-19(23,20)17(26)12-5-7-13(8-6-12)18(27)22-21/h5-8,14H,3-4,9-11,20-21H2,1-2H3,(H,22,27). The smallest absolute Gasteiger partial charge is 0.305 e. The van der Waals surface area contributed by atoms with Crippen molar-refractivity contribution >= 4 is 23.6 Å². The Bertz CT molecular complexity index is 764. The number of nitrogen functional groups attached to an aromatic ring is 1. The summed E-state index contributed by atoms with van der Waals surface area (Å²) in [5.74, 6) is 3.49. The summed E-state index contributed by atoms with van der Waals surface area (Å²) in [6, 6.07) is 5.81. The van der Waals surface area contributed by atoms with E-state index in [0.29, 0.717) is 6.42 Å². The van der Waals surface area contributed by atoms with Crippen molar-refractivity contribution in [2.24, 2.45) is 11.6 Å². The molecule has 1 aliphatic heterocycles. The first-order valence-electron chi connectivity index (χ1n) is 9.21. The second-order valence-electron chi connectivity index (χ2n) is 6.66. The zero-order chi connectivity index (χ0) is 20.9. The van der Waals surface area contributed by atoms with Crippen LogP contribution in [0.1, 0.15) is 60.2 Å². The molecule has 2 atom stereocenters. The summed E-state index contributed by atoms with van der Waals surface area (Å²) < 4.78 is 5.37. The molecule has 1 saturated heterocycles. The van der Waals surface area contributed by atoms with Gasteiger partial charge in [-0.1, -0.05) is 26.0 Å². The summed E-state index contributed by atoms with van der Waals surface area (Å²) in [4.78, 5) is 50.2. The number of benzene rings is 1. The summed E-state index contributed by atoms with van der Waals surface area (Å²) in [5, 5.41) is 0. The number of Topliss-reactive ketones (excluding diaryl/α,β-unsaturated/α-hetero) is 1. The van der Waals surface area contributed by atoms with Crippen molar-refractivity contribution in [2.75, 3.05) is 6.54 Å². The number of piperidine rings is 1. The van der Waals surface area contributed by atoms with Crippen LogP contribution in [0, 0.1) is 0 Å². The van der Waals surface area contributed by atoms with Crippen molar-refractivity contribution in [2.45, 2.75) is 51.3 Å². The average Bonchev–Trinajstić information content (AvgIpc) is 2.72. The van der Waals surface area contributed by atoms with E-state index >= 15 is 0 Å². The molecule has 2 amide bonds. The fourth-order valence-electron chi connectivity index (χ4n) is 3.26. The van der Waals surface area contributed by atoms with Gasteiger partial charge in [0.15, 0.2) is 5.66 Å². The van der Waals surface area contributed by atoms with Gasteiger partial charge in [-0.3, -0.25) is 24.6 Å². The van der Waals surface area contributed by atoms with Crippen molar-refractivity contribution in [1.29, 1.82) is 0 Å². The lowest BCUT2D eigenvalue weighted by Crippen LogP contribution is -2.67. The van der Waals surface area contributed by atoms with Crippen molar-refractivity contribution in [3.05, 3.63) is 35.4 Å². The highest BCUT2D eigenvalue weighted by molar-refractivity contribution is 6.05. The minimum Gasteiger partial charge on any atom is -0.462 e. The van der Waals surface area contributed by atoms with Gasteiger partial charge in [-0.2, -0.15) is 0 Å². The lowest BCUT2D eigenvalue weighted by Gasteiger charge is -2.45. The molecule has 1 fully saturated rings. The van der Waals surface area contributed by atoms with Gasteiger partial charge in [-0.15, -0.1) is 0 Å². The molecule has 1 aromatic carbocycles. The number of nitrogens with one attached hydrogen (secondary N) is 1. The highest BCUT2D eigenvalue weighted by Crippen LogP contribution is 2.30. The van der Waals surface area contributed by atoms with Crippen LogP contribution >= 0.6 is 0 Å². The molecule has 152 valence electrons. The number of rotatable bonds is 6. The lowest BCUT2D eigenvalue weighted by atomic mass is 9.86.